The zero-order chi connectivity index (χ0) is 15.0. The van der Waals surface area contributed by atoms with Gasteiger partial charge in [-0.3, -0.25) is 9.59 Å². The van der Waals surface area contributed by atoms with E-state index < -0.39 is 18.0 Å². The highest BCUT2D eigenvalue weighted by Crippen LogP contribution is 2.09. The SMILES string of the molecule is COC(=O)CC[C@H](NC(=O)C1CCCCCN1)C(=O)O. The summed E-state index contributed by atoms with van der Waals surface area (Å²) in [5.74, 6) is -1.95. The van der Waals surface area contributed by atoms with Crippen molar-refractivity contribution in [2.24, 2.45) is 0 Å². The molecular weight excluding hydrogens is 264 g/mol. The third kappa shape index (κ3) is 5.56. The Kier molecular flexibility index (Phi) is 7.00. The van der Waals surface area contributed by atoms with Crippen molar-refractivity contribution in [2.75, 3.05) is 13.7 Å². The maximum atomic E-state index is 12.0. The summed E-state index contributed by atoms with van der Waals surface area (Å²) in [5, 5.41) is 14.7. The molecule has 2 atom stereocenters. The number of carbonyl (C=O) groups is 3. The van der Waals surface area contributed by atoms with Crippen molar-refractivity contribution in [1.29, 1.82) is 0 Å². The van der Waals surface area contributed by atoms with Gasteiger partial charge in [0.1, 0.15) is 6.04 Å². The zero-order valence-electron chi connectivity index (χ0n) is 11.7. The standard InChI is InChI=1S/C13H22N2O5/c1-20-11(16)7-6-10(13(18)19)15-12(17)9-5-3-2-4-8-14-9/h9-10,14H,2-8H2,1H3,(H,15,17)(H,18,19)/t9?,10-/m0/s1. The van der Waals surface area contributed by atoms with E-state index >= 15 is 0 Å². The summed E-state index contributed by atoms with van der Waals surface area (Å²) in [6.07, 6.45) is 3.74. The average Bonchev–Trinajstić information content (AvgIpc) is 2.71. The van der Waals surface area contributed by atoms with E-state index in [1.165, 1.54) is 7.11 Å². The number of aliphatic carboxylic acids is 1. The van der Waals surface area contributed by atoms with Crippen LogP contribution in [0.25, 0.3) is 0 Å². The largest absolute Gasteiger partial charge is 0.480 e. The van der Waals surface area contributed by atoms with E-state index in [1.807, 2.05) is 0 Å². The molecule has 1 unspecified atom stereocenters. The lowest BCUT2D eigenvalue weighted by Crippen LogP contribution is -2.50. The summed E-state index contributed by atoms with van der Waals surface area (Å²) in [7, 11) is 1.24. The summed E-state index contributed by atoms with van der Waals surface area (Å²) in [5.41, 5.74) is 0. The van der Waals surface area contributed by atoms with Gasteiger partial charge in [0.25, 0.3) is 0 Å². The summed E-state index contributed by atoms with van der Waals surface area (Å²) in [4.78, 5) is 34.2. The number of esters is 1. The third-order valence-electron chi connectivity index (χ3n) is 3.36. The minimum absolute atomic E-state index is 0.0282. The fraction of sp³-hybridized carbons (Fsp3) is 0.769. The normalized spacial score (nSPS) is 20.6. The fourth-order valence-electron chi connectivity index (χ4n) is 2.15. The van der Waals surface area contributed by atoms with Gasteiger partial charge in [-0.1, -0.05) is 12.8 Å². The Morgan fingerprint density at radius 1 is 1.35 bits per heavy atom. The molecule has 1 heterocycles. The number of carboxylic acids is 1. The van der Waals surface area contributed by atoms with Crippen LogP contribution in [0.3, 0.4) is 0 Å². The molecule has 1 fully saturated rings. The van der Waals surface area contributed by atoms with Gasteiger partial charge < -0.3 is 20.5 Å². The molecule has 114 valence electrons. The van der Waals surface area contributed by atoms with Gasteiger partial charge in [0, 0.05) is 6.42 Å². The molecule has 1 aliphatic rings. The second kappa shape index (κ2) is 8.52. The number of nitrogens with one attached hydrogen (secondary N) is 2. The molecule has 0 bridgehead atoms. The van der Waals surface area contributed by atoms with Gasteiger partial charge in [-0.15, -0.1) is 0 Å². The van der Waals surface area contributed by atoms with Crippen LogP contribution < -0.4 is 10.6 Å². The van der Waals surface area contributed by atoms with Crippen molar-refractivity contribution in [2.45, 2.75) is 50.6 Å². The molecule has 0 aliphatic carbocycles. The number of hydrogen-bond acceptors (Lipinski definition) is 5. The first-order valence-electron chi connectivity index (χ1n) is 6.88. The predicted molar refractivity (Wildman–Crippen MR) is 71.1 cm³/mol. The molecule has 0 aromatic heterocycles. The van der Waals surface area contributed by atoms with Gasteiger partial charge in [-0.05, 0) is 25.8 Å². The highest BCUT2D eigenvalue weighted by Gasteiger charge is 2.26. The van der Waals surface area contributed by atoms with Gasteiger partial charge in [0.15, 0.2) is 0 Å². The van der Waals surface area contributed by atoms with Crippen LogP contribution in [0.15, 0.2) is 0 Å². The monoisotopic (exact) mass is 286 g/mol. The van der Waals surface area contributed by atoms with E-state index in [4.69, 9.17) is 5.11 Å². The summed E-state index contributed by atoms with van der Waals surface area (Å²) in [6.45, 7) is 0.762. The predicted octanol–water partition coefficient (Wildman–Crippen LogP) is 0.0412. The van der Waals surface area contributed by atoms with E-state index in [2.05, 4.69) is 15.4 Å². The topological polar surface area (TPSA) is 105 Å². The minimum Gasteiger partial charge on any atom is -0.480 e. The number of carbonyl (C=O) groups excluding carboxylic acids is 2. The van der Waals surface area contributed by atoms with Crippen LogP contribution in [-0.4, -0.2) is 48.7 Å². The summed E-state index contributed by atoms with van der Waals surface area (Å²) in [6, 6.07) is -1.41. The number of hydrogen-bond donors (Lipinski definition) is 3. The van der Waals surface area contributed by atoms with Gasteiger partial charge >= 0.3 is 11.9 Å². The quantitative estimate of drug-likeness (QED) is 0.596. The van der Waals surface area contributed by atoms with E-state index in [1.54, 1.807) is 0 Å². The second-order valence-electron chi connectivity index (χ2n) is 4.87. The summed E-state index contributed by atoms with van der Waals surface area (Å²) >= 11 is 0. The van der Waals surface area contributed by atoms with Gasteiger partial charge in [-0.2, -0.15) is 0 Å². The Morgan fingerprint density at radius 3 is 2.75 bits per heavy atom. The van der Waals surface area contributed by atoms with Gasteiger partial charge in [0.2, 0.25) is 5.91 Å². The van der Waals surface area contributed by atoms with E-state index in [0.29, 0.717) is 6.42 Å². The number of rotatable bonds is 6. The number of amides is 1. The van der Waals surface area contributed by atoms with Crippen molar-refractivity contribution in [1.82, 2.24) is 10.6 Å². The van der Waals surface area contributed by atoms with Crippen LogP contribution in [0.4, 0.5) is 0 Å². The van der Waals surface area contributed by atoms with Crippen LogP contribution in [0.5, 0.6) is 0 Å². The molecule has 0 spiro atoms. The maximum Gasteiger partial charge on any atom is 0.326 e. The molecule has 3 N–H and O–H groups in total. The molecule has 1 aliphatic heterocycles. The Bertz CT molecular complexity index is 351. The van der Waals surface area contributed by atoms with Crippen molar-refractivity contribution in [3.8, 4) is 0 Å². The molecule has 7 nitrogen and oxygen atoms in total. The average molecular weight is 286 g/mol. The number of ether oxygens (including phenoxy) is 1. The summed E-state index contributed by atoms with van der Waals surface area (Å²) < 4.78 is 4.46. The van der Waals surface area contributed by atoms with Gasteiger partial charge in [-0.25, -0.2) is 4.79 Å². The Balaban J connectivity index is 2.49. The van der Waals surface area contributed by atoms with Crippen LogP contribution in [0.1, 0.15) is 38.5 Å². The van der Waals surface area contributed by atoms with Crippen LogP contribution in [0, 0.1) is 0 Å². The van der Waals surface area contributed by atoms with Gasteiger partial charge in [0.05, 0.1) is 13.2 Å². The molecule has 0 radical (unpaired) electrons. The molecule has 1 saturated heterocycles. The maximum absolute atomic E-state index is 12.0. The van der Waals surface area contributed by atoms with Crippen LogP contribution in [0.2, 0.25) is 0 Å². The van der Waals surface area contributed by atoms with Crippen molar-refractivity contribution < 1.29 is 24.2 Å². The molecule has 0 aromatic carbocycles. The first kappa shape index (κ1) is 16.4. The molecule has 1 amide bonds. The molecule has 0 aromatic rings. The van der Waals surface area contributed by atoms with Crippen molar-refractivity contribution >= 4 is 17.8 Å². The number of methoxy groups -OCH3 is 1. The highest BCUT2D eigenvalue weighted by molar-refractivity contribution is 5.87. The van der Waals surface area contributed by atoms with E-state index in [0.717, 1.165) is 25.8 Å². The third-order valence-corrected chi connectivity index (χ3v) is 3.36. The smallest absolute Gasteiger partial charge is 0.326 e. The Labute approximate surface area is 118 Å². The van der Waals surface area contributed by atoms with E-state index in [9.17, 15) is 14.4 Å². The fourth-order valence-corrected chi connectivity index (χ4v) is 2.15. The second-order valence-corrected chi connectivity index (χ2v) is 4.87. The Hall–Kier alpha value is -1.63. The lowest BCUT2D eigenvalue weighted by atomic mass is 10.1. The molecule has 20 heavy (non-hydrogen) atoms. The molecular formula is C13H22N2O5. The first-order chi connectivity index (χ1) is 9.54. The van der Waals surface area contributed by atoms with Crippen LogP contribution in [-0.2, 0) is 19.1 Å². The number of carboxylic acid groups (broad SMARTS) is 1. The molecule has 0 saturated carbocycles. The van der Waals surface area contributed by atoms with Crippen molar-refractivity contribution in [3.63, 3.8) is 0 Å². The molecule has 7 heteroatoms. The minimum atomic E-state index is -1.14. The lowest BCUT2D eigenvalue weighted by Gasteiger charge is -2.19. The highest BCUT2D eigenvalue weighted by atomic mass is 16.5. The van der Waals surface area contributed by atoms with E-state index in [-0.39, 0.29) is 24.8 Å². The molecule has 1 rings (SSSR count). The van der Waals surface area contributed by atoms with Crippen LogP contribution >= 0.6 is 0 Å². The Morgan fingerprint density at radius 2 is 2.10 bits per heavy atom. The zero-order valence-corrected chi connectivity index (χ0v) is 11.7. The van der Waals surface area contributed by atoms with Crippen molar-refractivity contribution in [3.05, 3.63) is 0 Å². The lowest BCUT2D eigenvalue weighted by molar-refractivity contribution is -0.144. The first-order valence-corrected chi connectivity index (χ1v) is 6.88.